The van der Waals surface area contributed by atoms with Crippen LogP contribution in [0.4, 0.5) is 5.69 Å². The summed E-state index contributed by atoms with van der Waals surface area (Å²) in [6, 6.07) is 10.3. The summed E-state index contributed by atoms with van der Waals surface area (Å²) >= 11 is 0. The van der Waals surface area contributed by atoms with Gasteiger partial charge in [-0.05, 0) is 26.0 Å². The first-order valence-electron chi connectivity index (χ1n) is 6.79. The van der Waals surface area contributed by atoms with E-state index in [0.717, 1.165) is 31.9 Å². The zero-order valence-electron chi connectivity index (χ0n) is 11.6. The lowest BCUT2D eigenvalue weighted by atomic mass is 10.2. The standard InChI is InChI=1S/C15H21N3O/c1-12(2)18-7-8-19-14(11-18)10-17-15-6-4-3-5-13(15)9-16/h3-6,12,14,17H,7-8,10-11H2,1-2H3. The van der Waals surface area contributed by atoms with Crippen LogP contribution < -0.4 is 5.32 Å². The van der Waals surface area contributed by atoms with E-state index in [2.05, 4.69) is 30.1 Å². The summed E-state index contributed by atoms with van der Waals surface area (Å²) in [5, 5.41) is 12.4. The monoisotopic (exact) mass is 259 g/mol. The van der Waals surface area contributed by atoms with Crippen LogP contribution in [0.1, 0.15) is 19.4 Å². The Morgan fingerprint density at radius 2 is 2.26 bits per heavy atom. The van der Waals surface area contributed by atoms with E-state index in [-0.39, 0.29) is 6.10 Å². The van der Waals surface area contributed by atoms with E-state index < -0.39 is 0 Å². The lowest BCUT2D eigenvalue weighted by Gasteiger charge is -2.35. The maximum atomic E-state index is 9.04. The summed E-state index contributed by atoms with van der Waals surface area (Å²) in [6.07, 6.45) is 0.183. The molecule has 1 aliphatic heterocycles. The Labute approximate surface area is 115 Å². The van der Waals surface area contributed by atoms with Gasteiger partial charge >= 0.3 is 0 Å². The number of benzene rings is 1. The molecule has 0 radical (unpaired) electrons. The number of hydrogen-bond acceptors (Lipinski definition) is 4. The van der Waals surface area contributed by atoms with E-state index in [1.165, 1.54) is 0 Å². The largest absolute Gasteiger partial charge is 0.381 e. The molecule has 4 nitrogen and oxygen atoms in total. The van der Waals surface area contributed by atoms with Gasteiger partial charge in [0.2, 0.25) is 0 Å². The second kappa shape index (κ2) is 6.55. The Bertz CT molecular complexity index is 453. The Balaban J connectivity index is 1.90. The van der Waals surface area contributed by atoms with Crippen molar-refractivity contribution in [2.45, 2.75) is 26.0 Å². The molecule has 19 heavy (non-hydrogen) atoms. The molecule has 0 spiro atoms. The zero-order chi connectivity index (χ0) is 13.7. The average molecular weight is 259 g/mol. The molecule has 1 N–H and O–H groups in total. The molecule has 1 heterocycles. The van der Waals surface area contributed by atoms with Crippen LogP contribution in [0.15, 0.2) is 24.3 Å². The summed E-state index contributed by atoms with van der Waals surface area (Å²) in [4.78, 5) is 2.42. The SMILES string of the molecule is CC(C)N1CCOC(CNc2ccccc2C#N)C1. The molecule has 1 unspecified atom stereocenters. The first-order valence-corrected chi connectivity index (χ1v) is 6.79. The van der Waals surface area contributed by atoms with Gasteiger partial charge in [-0.3, -0.25) is 4.90 Å². The molecule has 0 bridgehead atoms. The molecule has 1 aliphatic rings. The molecule has 1 fully saturated rings. The number of nitriles is 1. The Hall–Kier alpha value is -1.57. The maximum absolute atomic E-state index is 9.04. The van der Waals surface area contributed by atoms with Gasteiger partial charge in [0.25, 0.3) is 0 Å². The smallest absolute Gasteiger partial charge is 0.101 e. The predicted octanol–water partition coefficient (Wildman–Crippen LogP) is 2.08. The lowest BCUT2D eigenvalue weighted by molar-refractivity contribution is -0.0315. The zero-order valence-corrected chi connectivity index (χ0v) is 11.6. The molecule has 0 aromatic heterocycles. The van der Waals surface area contributed by atoms with Crippen molar-refractivity contribution >= 4 is 5.69 Å². The second-order valence-electron chi connectivity index (χ2n) is 5.12. The minimum Gasteiger partial charge on any atom is -0.381 e. The molecular formula is C15H21N3O. The molecule has 1 aromatic rings. The van der Waals surface area contributed by atoms with Crippen LogP contribution in [0.25, 0.3) is 0 Å². The number of ether oxygens (including phenoxy) is 1. The van der Waals surface area contributed by atoms with Gasteiger partial charge in [0.1, 0.15) is 6.07 Å². The molecule has 0 amide bonds. The van der Waals surface area contributed by atoms with Gasteiger partial charge < -0.3 is 10.1 Å². The fourth-order valence-corrected chi connectivity index (χ4v) is 2.29. The summed E-state index contributed by atoms with van der Waals surface area (Å²) in [7, 11) is 0. The van der Waals surface area contributed by atoms with Crippen LogP contribution in [-0.4, -0.2) is 43.3 Å². The fraction of sp³-hybridized carbons (Fsp3) is 0.533. The number of nitrogens with zero attached hydrogens (tertiary/aromatic N) is 2. The van der Waals surface area contributed by atoms with Crippen LogP contribution in [0, 0.1) is 11.3 Å². The molecule has 0 aliphatic carbocycles. The van der Waals surface area contributed by atoms with E-state index in [1.807, 2.05) is 24.3 Å². The quantitative estimate of drug-likeness (QED) is 0.899. The molecule has 4 heteroatoms. The maximum Gasteiger partial charge on any atom is 0.101 e. The van der Waals surface area contributed by atoms with E-state index in [9.17, 15) is 0 Å². The van der Waals surface area contributed by atoms with Crippen molar-refractivity contribution in [2.75, 3.05) is 31.6 Å². The highest BCUT2D eigenvalue weighted by Gasteiger charge is 2.22. The Morgan fingerprint density at radius 1 is 1.47 bits per heavy atom. The summed E-state index contributed by atoms with van der Waals surface area (Å²) in [6.45, 7) is 7.89. The molecule has 1 atom stereocenters. The summed E-state index contributed by atoms with van der Waals surface area (Å²) in [5.41, 5.74) is 1.56. The average Bonchev–Trinajstić information content (AvgIpc) is 2.45. The highest BCUT2D eigenvalue weighted by atomic mass is 16.5. The molecule has 2 rings (SSSR count). The molecule has 1 aromatic carbocycles. The van der Waals surface area contributed by atoms with Crippen molar-refractivity contribution in [1.82, 2.24) is 4.90 Å². The highest BCUT2D eigenvalue weighted by molar-refractivity contribution is 5.57. The molecule has 1 saturated heterocycles. The van der Waals surface area contributed by atoms with Crippen LogP contribution in [-0.2, 0) is 4.74 Å². The Morgan fingerprint density at radius 3 is 3.00 bits per heavy atom. The van der Waals surface area contributed by atoms with Gasteiger partial charge in [-0.15, -0.1) is 0 Å². The van der Waals surface area contributed by atoms with Crippen LogP contribution in [0.3, 0.4) is 0 Å². The van der Waals surface area contributed by atoms with Crippen LogP contribution >= 0.6 is 0 Å². The van der Waals surface area contributed by atoms with E-state index >= 15 is 0 Å². The number of para-hydroxylation sites is 1. The van der Waals surface area contributed by atoms with Crippen molar-refractivity contribution in [3.63, 3.8) is 0 Å². The van der Waals surface area contributed by atoms with Gasteiger partial charge in [0.15, 0.2) is 0 Å². The van der Waals surface area contributed by atoms with Gasteiger partial charge in [0, 0.05) is 25.7 Å². The van der Waals surface area contributed by atoms with E-state index in [4.69, 9.17) is 10.00 Å². The minimum atomic E-state index is 0.183. The molecule has 102 valence electrons. The normalized spacial score (nSPS) is 20.2. The van der Waals surface area contributed by atoms with Gasteiger partial charge in [0.05, 0.1) is 24.0 Å². The summed E-state index contributed by atoms with van der Waals surface area (Å²) in [5.74, 6) is 0. The molecular weight excluding hydrogens is 238 g/mol. The van der Waals surface area contributed by atoms with Gasteiger partial charge in [-0.2, -0.15) is 5.26 Å². The van der Waals surface area contributed by atoms with Gasteiger partial charge in [-0.1, -0.05) is 12.1 Å². The highest BCUT2D eigenvalue weighted by Crippen LogP contribution is 2.15. The third-order valence-electron chi connectivity index (χ3n) is 3.47. The van der Waals surface area contributed by atoms with Crippen molar-refractivity contribution in [3.8, 4) is 6.07 Å². The van der Waals surface area contributed by atoms with E-state index in [0.29, 0.717) is 11.6 Å². The number of rotatable bonds is 4. The summed E-state index contributed by atoms with van der Waals surface area (Å²) < 4.78 is 5.77. The minimum absolute atomic E-state index is 0.183. The second-order valence-corrected chi connectivity index (χ2v) is 5.12. The lowest BCUT2D eigenvalue weighted by Crippen LogP contribution is -2.48. The topological polar surface area (TPSA) is 48.3 Å². The first-order chi connectivity index (χ1) is 9.20. The van der Waals surface area contributed by atoms with Crippen molar-refractivity contribution in [1.29, 1.82) is 5.26 Å². The number of nitrogens with one attached hydrogen (secondary N) is 1. The number of anilines is 1. The third-order valence-corrected chi connectivity index (χ3v) is 3.47. The molecule has 0 saturated carbocycles. The first kappa shape index (κ1) is 13.9. The van der Waals surface area contributed by atoms with Crippen molar-refractivity contribution in [2.24, 2.45) is 0 Å². The number of morpholine rings is 1. The fourth-order valence-electron chi connectivity index (χ4n) is 2.29. The number of hydrogen-bond donors (Lipinski definition) is 1. The Kier molecular flexibility index (Phi) is 4.78. The van der Waals surface area contributed by atoms with Crippen LogP contribution in [0.5, 0.6) is 0 Å². The van der Waals surface area contributed by atoms with E-state index in [1.54, 1.807) is 0 Å². The van der Waals surface area contributed by atoms with Crippen LogP contribution in [0.2, 0.25) is 0 Å². The van der Waals surface area contributed by atoms with Crippen molar-refractivity contribution in [3.05, 3.63) is 29.8 Å². The van der Waals surface area contributed by atoms with Crippen molar-refractivity contribution < 1.29 is 4.74 Å². The predicted molar refractivity (Wildman–Crippen MR) is 76.1 cm³/mol. The third kappa shape index (κ3) is 3.69. The van der Waals surface area contributed by atoms with Gasteiger partial charge in [-0.25, -0.2) is 0 Å².